The van der Waals surface area contributed by atoms with Gasteiger partial charge in [0.2, 0.25) is 0 Å². The van der Waals surface area contributed by atoms with E-state index in [0.717, 1.165) is 22.4 Å². The van der Waals surface area contributed by atoms with Crippen molar-refractivity contribution in [2.45, 2.75) is 92.2 Å². The van der Waals surface area contributed by atoms with Crippen LogP contribution in [-0.2, 0) is 46.5 Å². The van der Waals surface area contributed by atoms with Crippen LogP contribution in [0.25, 0.3) is 43.8 Å². The van der Waals surface area contributed by atoms with Crippen molar-refractivity contribution in [3.63, 3.8) is 0 Å². The molecule has 48 heavy (non-hydrogen) atoms. The number of aryl methyl sites for hydroxylation is 4. The Hall–Kier alpha value is -2.22. The monoisotopic (exact) mass is 768 g/mol. The average molecular weight is 771 g/mol. The standard InChI is InChI=1S/2C21H23.C2H6Si.2ClH.Zr/c2*1-3-8-16-14-18-11-7-13-20(21(18)15-16)19-12-6-5-10-17(19)9-4-2;1-3-2;;;/h2*5-7,10-15H,3-4,8-9H2,1-2H3;1-2H3;2*1H;/q2*-1;;;;+4/p-2. The molecule has 2 radical (unpaired) electrons. The van der Waals surface area contributed by atoms with E-state index < -0.39 is 20.8 Å². The Bertz CT molecular complexity index is 1650. The van der Waals surface area contributed by atoms with Crippen LogP contribution in [-0.4, -0.2) is 9.52 Å². The second kappa shape index (κ2) is 22.5. The second-order valence-electron chi connectivity index (χ2n) is 12.2. The van der Waals surface area contributed by atoms with Gasteiger partial charge in [-0.15, -0.1) is 69.1 Å². The third-order valence-electron chi connectivity index (χ3n) is 8.35. The van der Waals surface area contributed by atoms with Gasteiger partial charge < -0.3 is 0 Å². The van der Waals surface area contributed by atoms with Gasteiger partial charge in [-0.2, -0.15) is 12.1 Å². The Morgan fingerprint density at radius 3 is 1.19 bits per heavy atom. The maximum absolute atomic E-state index is 4.93. The van der Waals surface area contributed by atoms with Gasteiger partial charge in [0, 0.05) is 9.52 Å². The number of hydrogen-bond donors (Lipinski definition) is 0. The van der Waals surface area contributed by atoms with Gasteiger partial charge in [-0.1, -0.05) is 138 Å². The van der Waals surface area contributed by atoms with E-state index in [1.807, 2.05) is 0 Å². The summed E-state index contributed by atoms with van der Waals surface area (Å²) in [6.45, 7) is 13.3. The quantitative estimate of drug-likeness (QED) is 0.0961. The maximum atomic E-state index is 4.93. The van der Waals surface area contributed by atoms with E-state index in [0.29, 0.717) is 0 Å². The fraction of sp³-hybridized carbons (Fsp3) is 0.318. The molecular formula is C44H52Cl2SiZr. The van der Waals surface area contributed by atoms with Crippen LogP contribution in [0.15, 0.2) is 109 Å². The van der Waals surface area contributed by atoms with Crippen molar-refractivity contribution in [3.8, 4) is 22.3 Å². The van der Waals surface area contributed by atoms with Crippen LogP contribution in [0.2, 0.25) is 13.1 Å². The van der Waals surface area contributed by atoms with Crippen LogP contribution in [0.5, 0.6) is 0 Å². The average Bonchev–Trinajstić information content (AvgIpc) is 3.71. The molecule has 6 aromatic carbocycles. The number of halogens is 2. The van der Waals surface area contributed by atoms with Crippen molar-refractivity contribution in [1.29, 1.82) is 0 Å². The normalized spacial score (nSPS) is 10.3. The zero-order valence-corrected chi connectivity index (χ0v) is 34.8. The van der Waals surface area contributed by atoms with Gasteiger partial charge in [0.05, 0.1) is 0 Å². The minimum absolute atomic E-state index is 0.826. The SMILES string of the molecule is CCCc1cc2c(-c3ccccc3CCC)cccc2[cH-]1.CCCc1cc2c(-c3ccccc3CCC)cccc2[cH-]1.C[Si]C.[Cl][Zr+2][Cl]. The first-order valence-corrected chi connectivity index (χ1v) is 25.9. The molecule has 250 valence electrons. The van der Waals surface area contributed by atoms with Gasteiger partial charge in [-0.05, 0) is 47.9 Å². The molecule has 0 nitrogen and oxygen atoms in total. The van der Waals surface area contributed by atoms with Crippen molar-refractivity contribution in [2.75, 3.05) is 0 Å². The molecule has 0 aliphatic heterocycles. The first-order valence-electron chi connectivity index (χ1n) is 17.6. The molecule has 0 aromatic heterocycles. The van der Waals surface area contributed by atoms with Gasteiger partial charge in [-0.25, -0.2) is 0 Å². The van der Waals surface area contributed by atoms with Gasteiger partial charge in [0.25, 0.3) is 0 Å². The number of fused-ring (bicyclic) bond motifs is 2. The summed E-state index contributed by atoms with van der Waals surface area (Å²) in [4.78, 5) is 0. The molecule has 0 saturated heterocycles. The summed E-state index contributed by atoms with van der Waals surface area (Å²) in [6, 6.07) is 40.6. The molecule has 0 aliphatic rings. The van der Waals surface area contributed by atoms with Crippen molar-refractivity contribution in [3.05, 3.63) is 131 Å². The summed E-state index contributed by atoms with van der Waals surface area (Å²) in [6.07, 6.45) is 9.43. The number of rotatable bonds is 10. The molecule has 0 spiro atoms. The van der Waals surface area contributed by atoms with E-state index in [1.54, 1.807) is 0 Å². The molecule has 6 rings (SSSR count). The zero-order chi connectivity index (χ0) is 34.7. The summed E-state index contributed by atoms with van der Waals surface area (Å²) >= 11 is -0.826. The first-order chi connectivity index (χ1) is 23.5. The van der Waals surface area contributed by atoms with E-state index in [4.69, 9.17) is 17.0 Å². The molecule has 0 N–H and O–H groups in total. The molecule has 0 amide bonds. The van der Waals surface area contributed by atoms with Gasteiger partial charge in [0.1, 0.15) is 0 Å². The van der Waals surface area contributed by atoms with Gasteiger partial charge >= 0.3 is 37.9 Å². The predicted molar refractivity (Wildman–Crippen MR) is 215 cm³/mol. The van der Waals surface area contributed by atoms with Crippen molar-refractivity contribution in [1.82, 2.24) is 0 Å². The van der Waals surface area contributed by atoms with Crippen LogP contribution in [0.4, 0.5) is 0 Å². The van der Waals surface area contributed by atoms with E-state index in [1.165, 1.54) is 105 Å². The molecule has 0 bridgehead atoms. The molecule has 0 aliphatic carbocycles. The number of hydrogen-bond acceptors (Lipinski definition) is 0. The summed E-state index contributed by atoms with van der Waals surface area (Å²) < 4.78 is 0. The molecule has 0 saturated carbocycles. The van der Waals surface area contributed by atoms with Crippen LogP contribution in [0, 0.1) is 0 Å². The predicted octanol–water partition coefficient (Wildman–Crippen LogP) is 14.4. The first kappa shape index (κ1) is 40.2. The van der Waals surface area contributed by atoms with Crippen molar-refractivity contribution < 1.29 is 20.8 Å². The van der Waals surface area contributed by atoms with E-state index in [9.17, 15) is 0 Å². The summed E-state index contributed by atoms with van der Waals surface area (Å²) in [7, 11) is 11.0. The Morgan fingerprint density at radius 1 is 0.500 bits per heavy atom. The zero-order valence-electron chi connectivity index (χ0n) is 29.8. The Morgan fingerprint density at radius 2 is 0.833 bits per heavy atom. The van der Waals surface area contributed by atoms with Gasteiger partial charge in [0.15, 0.2) is 0 Å². The molecule has 0 fully saturated rings. The van der Waals surface area contributed by atoms with Gasteiger partial charge in [-0.3, -0.25) is 0 Å². The minimum atomic E-state index is -0.826. The Labute approximate surface area is 312 Å². The summed E-state index contributed by atoms with van der Waals surface area (Å²) in [5.41, 5.74) is 11.4. The molecule has 0 atom stereocenters. The fourth-order valence-electron chi connectivity index (χ4n) is 6.47. The van der Waals surface area contributed by atoms with Crippen molar-refractivity contribution in [2.24, 2.45) is 0 Å². The van der Waals surface area contributed by atoms with Crippen LogP contribution < -0.4 is 0 Å². The van der Waals surface area contributed by atoms with Crippen molar-refractivity contribution >= 4 is 48.1 Å². The van der Waals surface area contributed by atoms with Crippen LogP contribution >= 0.6 is 17.0 Å². The molecule has 0 heterocycles. The van der Waals surface area contributed by atoms with Crippen LogP contribution in [0.1, 0.15) is 75.6 Å². The summed E-state index contributed by atoms with van der Waals surface area (Å²) in [5, 5.41) is 5.57. The summed E-state index contributed by atoms with van der Waals surface area (Å²) in [5.74, 6) is 0. The third-order valence-corrected chi connectivity index (χ3v) is 8.35. The van der Waals surface area contributed by atoms with E-state index >= 15 is 0 Å². The molecular weight excluding hydrogens is 719 g/mol. The topological polar surface area (TPSA) is 0 Å². The van der Waals surface area contributed by atoms with E-state index in [2.05, 4.69) is 150 Å². The number of benzene rings is 4. The Balaban J connectivity index is 0.000000224. The second-order valence-corrected chi connectivity index (χ2v) is 17.0. The molecule has 0 unspecified atom stereocenters. The third kappa shape index (κ3) is 11.4. The fourth-order valence-corrected chi connectivity index (χ4v) is 6.47. The Kier molecular flexibility index (Phi) is 18.8. The van der Waals surface area contributed by atoms with E-state index in [-0.39, 0.29) is 0 Å². The molecule has 6 aromatic rings. The molecule has 4 heteroatoms. The van der Waals surface area contributed by atoms with Crippen LogP contribution in [0.3, 0.4) is 0 Å².